The van der Waals surface area contributed by atoms with Crippen molar-refractivity contribution in [2.24, 2.45) is 0 Å². The van der Waals surface area contributed by atoms with E-state index in [1.807, 2.05) is 26.1 Å². The maximum Gasteiger partial charge on any atom is 0.219 e. The van der Waals surface area contributed by atoms with Gasteiger partial charge in [0, 0.05) is 17.6 Å². The van der Waals surface area contributed by atoms with Gasteiger partial charge in [-0.3, -0.25) is 0 Å². The Balaban J connectivity index is 2.25. The average Bonchev–Trinajstić information content (AvgIpc) is 2.37. The number of pyridine rings is 1. The summed E-state index contributed by atoms with van der Waals surface area (Å²) in [6.45, 7) is 2.53. The molecule has 0 saturated carbocycles. The van der Waals surface area contributed by atoms with Crippen molar-refractivity contribution in [3.05, 3.63) is 51.6 Å². The van der Waals surface area contributed by atoms with Gasteiger partial charge in [-0.2, -0.15) is 0 Å². The zero-order valence-electron chi connectivity index (χ0n) is 10.7. The van der Waals surface area contributed by atoms with Crippen LogP contribution in [0.25, 0.3) is 0 Å². The van der Waals surface area contributed by atoms with Crippen molar-refractivity contribution in [3.63, 3.8) is 0 Å². The molecule has 0 atom stereocenters. The van der Waals surface area contributed by atoms with Crippen LogP contribution in [0.4, 0.5) is 0 Å². The number of benzene rings is 1. The molecular weight excluding hydrogens is 283 g/mol. The van der Waals surface area contributed by atoms with E-state index >= 15 is 0 Å². The third-order valence-electron chi connectivity index (χ3n) is 2.59. The fourth-order valence-electron chi connectivity index (χ4n) is 1.65. The Morgan fingerprint density at radius 2 is 2.00 bits per heavy atom. The second-order valence-corrected chi connectivity index (χ2v) is 4.96. The van der Waals surface area contributed by atoms with Crippen LogP contribution in [0.3, 0.4) is 0 Å². The van der Waals surface area contributed by atoms with Crippen molar-refractivity contribution in [2.45, 2.75) is 13.5 Å². The van der Waals surface area contributed by atoms with Crippen molar-refractivity contribution >= 4 is 23.2 Å². The summed E-state index contributed by atoms with van der Waals surface area (Å²) in [4.78, 5) is 4.37. The molecule has 0 bridgehead atoms. The first-order valence-corrected chi connectivity index (χ1v) is 6.60. The second-order valence-electron chi connectivity index (χ2n) is 4.12. The lowest BCUT2D eigenvalue weighted by molar-refractivity contribution is 0.456. The van der Waals surface area contributed by atoms with Gasteiger partial charge in [-0.05, 0) is 43.8 Å². The largest absolute Gasteiger partial charge is 0.439 e. The smallest absolute Gasteiger partial charge is 0.219 e. The fraction of sp³-hybridized carbons (Fsp3) is 0.214. The van der Waals surface area contributed by atoms with Crippen molar-refractivity contribution in [1.82, 2.24) is 10.3 Å². The number of aryl methyl sites for hydroxylation is 1. The van der Waals surface area contributed by atoms with Gasteiger partial charge in [0.25, 0.3) is 0 Å². The van der Waals surface area contributed by atoms with Crippen LogP contribution in [0, 0.1) is 6.92 Å². The molecule has 2 aromatic rings. The number of ether oxygens (including phenoxy) is 1. The van der Waals surface area contributed by atoms with Gasteiger partial charge in [-0.25, -0.2) is 4.98 Å². The van der Waals surface area contributed by atoms with Crippen LogP contribution in [-0.4, -0.2) is 12.0 Å². The Morgan fingerprint density at radius 3 is 2.68 bits per heavy atom. The van der Waals surface area contributed by atoms with Crippen molar-refractivity contribution in [1.29, 1.82) is 0 Å². The number of hydrogen-bond acceptors (Lipinski definition) is 3. The molecule has 1 aromatic heterocycles. The summed E-state index contributed by atoms with van der Waals surface area (Å²) < 4.78 is 5.75. The van der Waals surface area contributed by atoms with Crippen molar-refractivity contribution in [2.75, 3.05) is 7.05 Å². The zero-order chi connectivity index (χ0) is 13.8. The van der Waals surface area contributed by atoms with Crippen LogP contribution in [-0.2, 0) is 6.54 Å². The SMILES string of the molecule is CNCc1nc(Oc2ccc(Cl)cc2C)ccc1Cl. The minimum Gasteiger partial charge on any atom is -0.439 e. The van der Waals surface area contributed by atoms with Gasteiger partial charge in [0.1, 0.15) is 5.75 Å². The van der Waals surface area contributed by atoms with Gasteiger partial charge < -0.3 is 10.1 Å². The van der Waals surface area contributed by atoms with E-state index < -0.39 is 0 Å². The highest BCUT2D eigenvalue weighted by atomic mass is 35.5. The van der Waals surface area contributed by atoms with Gasteiger partial charge in [-0.1, -0.05) is 23.2 Å². The predicted octanol–water partition coefficient (Wildman–Crippen LogP) is 4.21. The Labute approximate surface area is 122 Å². The summed E-state index contributed by atoms with van der Waals surface area (Å²) in [5, 5.41) is 4.32. The molecule has 0 spiro atoms. The highest BCUT2D eigenvalue weighted by Gasteiger charge is 2.07. The molecule has 0 radical (unpaired) electrons. The highest BCUT2D eigenvalue weighted by Crippen LogP contribution is 2.27. The Bertz CT molecular complexity index is 588. The van der Waals surface area contributed by atoms with E-state index in [0.29, 0.717) is 22.5 Å². The summed E-state index contributed by atoms with van der Waals surface area (Å²) in [5.41, 5.74) is 1.72. The van der Waals surface area contributed by atoms with E-state index in [1.165, 1.54) is 0 Å². The molecule has 0 saturated heterocycles. The summed E-state index contributed by atoms with van der Waals surface area (Å²) in [5.74, 6) is 1.25. The molecule has 0 unspecified atom stereocenters. The van der Waals surface area contributed by atoms with E-state index in [4.69, 9.17) is 27.9 Å². The van der Waals surface area contributed by atoms with E-state index in [0.717, 1.165) is 17.0 Å². The number of halogens is 2. The summed E-state index contributed by atoms with van der Waals surface area (Å²) in [7, 11) is 1.84. The number of hydrogen-bond donors (Lipinski definition) is 1. The quantitative estimate of drug-likeness (QED) is 0.918. The molecule has 0 fully saturated rings. The minimum absolute atomic E-state index is 0.514. The van der Waals surface area contributed by atoms with Gasteiger partial charge in [0.15, 0.2) is 0 Å². The number of nitrogens with zero attached hydrogens (tertiary/aromatic N) is 1. The first-order chi connectivity index (χ1) is 9.10. The monoisotopic (exact) mass is 296 g/mol. The Hall–Kier alpha value is -1.29. The molecule has 0 aliphatic rings. The van der Waals surface area contributed by atoms with E-state index in [2.05, 4.69) is 10.3 Å². The Kier molecular flexibility index (Phi) is 4.64. The lowest BCUT2D eigenvalue weighted by Gasteiger charge is -2.10. The highest BCUT2D eigenvalue weighted by molar-refractivity contribution is 6.31. The molecule has 100 valence electrons. The van der Waals surface area contributed by atoms with Crippen molar-refractivity contribution < 1.29 is 4.74 Å². The molecular formula is C14H14Cl2N2O. The third kappa shape index (κ3) is 3.60. The van der Waals surface area contributed by atoms with Gasteiger partial charge in [-0.15, -0.1) is 0 Å². The van der Waals surface area contributed by atoms with Crippen molar-refractivity contribution in [3.8, 4) is 11.6 Å². The standard InChI is InChI=1S/C14H14Cl2N2O/c1-9-7-10(15)3-5-13(9)19-14-6-4-11(16)12(18-14)8-17-2/h3-7,17H,8H2,1-2H3. The molecule has 1 N–H and O–H groups in total. The van der Waals surface area contributed by atoms with Crippen LogP contribution in [0.1, 0.15) is 11.3 Å². The normalized spacial score (nSPS) is 10.5. The summed E-state index contributed by atoms with van der Waals surface area (Å²) in [6.07, 6.45) is 0. The van der Waals surface area contributed by atoms with Crippen LogP contribution in [0.5, 0.6) is 11.6 Å². The van der Waals surface area contributed by atoms with Gasteiger partial charge >= 0.3 is 0 Å². The first-order valence-electron chi connectivity index (χ1n) is 5.84. The molecule has 0 aliphatic heterocycles. The van der Waals surface area contributed by atoms with Crippen LogP contribution >= 0.6 is 23.2 Å². The first kappa shape index (κ1) is 14.1. The fourth-order valence-corrected chi connectivity index (χ4v) is 2.05. The predicted molar refractivity (Wildman–Crippen MR) is 78.3 cm³/mol. The number of rotatable bonds is 4. The number of nitrogens with one attached hydrogen (secondary N) is 1. The summed E-state index contributed by atoms with van der Waals surface area (Å²) >= 11 is 12.0. The molecule has 1 heterocycles. The summed E-state index contributed by atoms with van der Waals surface area (Å²) in [6, 6.07) is 8.98. The molecule has 0 amide bonds. The molecule has 1 aromatic carbocycles. The van der Waals surface area contributed by atoms with Crippen LogP contribution in [0.15, 0.2) is 30.3 Å². The average molecular weight is 297 g/mol. The maximum absolute atomic E-state index is 6.05. The topological polar surface area (TPSA) is 34.2 Å². The number of aromatic nitrogens is 1. The zero-order valence-corrected chi connectivity index (χ0v) is 12.2. The second kappa shape index (κ2) is 6.24. The third-order valence-corrected chi connectivity index (χ3v) is 3.17. The lowest BCUT2D eigenvalue weighted by atomic mass is 10.2. The molecule has 3 nitrogen and oxygen atoms in total. The van der Waals surface area contributed by atoms with Crippen LogP contribution < -0.4 is 10.1 Å². The molecule has 2 rings (SSSR count). The molecule has 5 heteroatoms. The minimum atomic E-state index is 0.514. The molecule has 19 heavy (non-hydrogen) atoms. The van der Waals surface area contributed by atoms with E-state index in [1.54, 1.807) is 18.2 Å². The van der Waals surface area contributed by atoms with Gasteiger partial charge in [0.05, 0.1) is 10.7 Å². The van der Waals surface area contributed by atoms with E-state index in [-0.39, 0.29) is 0 Å². The lowest BCUT2D eigenvalue weighted by Crippen LogP contribution is -2.08. The molecule has 0 aliphatic carbocycles. The van der Waals surface area contributed by atoms with Crippen LogP contribution in [0.2, 0.25) is 10.0 Å². The van der Waals surface area contributed by atoms with Gasteiger partial charge in [0.2, 0.25) is 5.88 Å². The maximum atomic E-state index is 6.05. The Morgan fingerprint density at radius 1 is 1.21 bits per heavy atom. The van der Waals surface area contributed by atoms with E-state index in [9.17, 15) is 0 Å².